The lowest BCUT2D eigenvalue weighted by molar-refractivity contribution is 0.0697. The number of nitrogens with one attached hydrogen (secondary N) is 1. The molecule has 0 saturated heterocycles. The van der Waals surface area contributed by atoms with Crippen molar-refractivity contribution in [2.24, 2.45) is 5.92 Å². The van der Waals surface area contributed by atoms with E-state index in [9.17, 15) is 4.79 Å². The first kappa shape index (κ1) is 12.3. The van der Waals surface area contributed by atoms with Crippen molar-refractivity contribution in [3.05, 3.63) is 23.8 Å². The van der Waals surface area contributed by atoms with Crippen molar-refractivity contribution >= 4 is 11.7 Å². The minimum atomic E-state index is -0.899. The third-order valence-electron chi connectivity index (χ3n) is 4.20. The smallest absolute Gasteiger partial charge is 0.335 e. The van der Waals surface area contributed by atoms with E-state index in [2.05, 4.69) is 5.32 Å². The summed E-state index contributed by atoms with van der Waals surface area (Å²) < 4.78 is 5.77. The Bertz CT molecular complexity index is 480. The SMILES string of the molecule is O=C(O)c1ccc2c(c1)NC(C1CCCCC1)CO2. The third-order valence-corrected chi connectivity index (χ3v) is 4.20. The number of hydrogen-bond acceptors (Lipinski definition) is 3. The molecule has 1 heterocycles. The molecule has 1 atom stereocenters. The molecule has 0 aromatic heterocycles. The largest absolute Gasteiger partial charge is 0.489 e. The Hall–Kier alpha value is -1.71. The molecule has 0 radical (unpaired) electrons. The van der Waals surface area contributed by atoms with E-state index >= 15 is 0 Å². The van der Waals surface area contributed by atoms with Crippen LogP contribution >= 0.6 is 0 Å². The standard InChI is InChI=1S/C15H19NO3/c17-15(18)11-6-7-14-12(8-11)16-13(9-19-14)10-4-2-1-3-5-10/h6-8,10,13,16H,1-5,9H2,(H,17,18). The molecule has 1 fully saturated rings. The molecule has 1 aliphatic heterocycles. The second-order valence-corrected chi connectivity index (χ2v) is 5.48. The number of carboxylic acids is 1. The van der Waals surface area contributed by atoms with Crippen LogP contribution in [0.2, 0.25) is 0 Å². The van der Waals surface area contributed by atoms with Crippen molar-refractivity contribution in [3.8, 4) is 5.75 Å². The van der Waals surface area contributed by atoms with E-state index in [0.29, 0.717) is 24.1 Å². The van der Waals surface area contributed by atoms with Crippen LogP contribution in [0.15, 0.2) is 18.2 Å². The molecule has 2 aliphatic rings. The maximum absolute atomic E-state index is 11.0. The van der Waals surface area contributed by atoms with E-state index in [0.717, 1.165) is 11.4 Å². The maximum Gasteiger partial charge on any atom is 0.335 e. The zero-order chi connectivity index (χ0) is 13.2. The van der Waals surface area contributed by atoms with Crippen LogP contribution in [-0.4, -0.2) is 23.7 Å². The van der Waals surface area contributed by atoms with Gasteiger partial charge in [0, 0.05) is 0 Å². The Morgan fingerprint density at radius 3 is 2.79 bits per heavy atom. The van der Waals surface area contributed by atoms with Crippen molar-refractivity contribution in [1.82, 2.24) is 0 Å². The first-order chi connectivity index (χ1) is 9.24. The van der Waals surface area contributed by atoms with Gasteiger partial charge in [0.25, 0.3) is 0 Å². The highest BCUT2D eigenvalue weighted by Crippen LogP contribution is 2.35. The zero-order valence-electron chi connectivity index (χ0n) is 10.9. The minimum Gasteiger partial charge on any atom is -0.489 e. The van der Waals surface area contributed by atoms with Crippen molar-refractivity contribution in [3.63, 3.8) is 0 Å². The van der Waals surface area contributed by atoms with Gasteiger partial charge in [0.05, 0.1) is 17.3 Å². The van der Waals surface area contributed by atoms with Crippen LogP contribution in [0, 0.1) is 5.92 Å². The van der Waals surface area contributed by atoms with Crippen LogP contribution in [0.4, 0.5) is 5.69 Å². The summed E-state index contributed by atoms with van der Waals surface area (Å²) in [4.78, 5) is 11.0. The number of benzene rings is 1. The summed E-state index contributed by atoms with van der Waals surface area (Å²) in [5.74, 6) is 0.511. The second-order valence-electron chi connectivity index (χ2n) is 5.48. The van der Waals surface area contributed by atoms with E-state index in [-0.39, 0.29) is 0 Å². The normalized spacial score (nSPS) is 23.1. The second kappa shape index (κ2) is 5.11. The monoisotopic (exact) mass is 261 g/mol. The number of carboxylic acid groups (broad SMARTS) is 1. The highest BCUT2D eigenvalue weighted by molar-refractivity contribution is 5.89. The quantitative estimate of drug-likeness (QED) is 0.858. The summed E-state index contributed by atoms with van der Waals surface area (Å²) in [6, 6.07) is 5.32. The molecule has 4 heteroatoms. The summed E-state index contributed by atoms with van der Waals surface area (Å²) in [7, 11) is 0. The fourth-order valence-electron chi connectivity index (χ4n) is 3.11. The van der Waals surface area contributed by atoms with Gasteiger partial charge in [-0.3, -0.25) is 0 Å². The van der Waals surface area contributed by atoms with Gasteiger partial charge in [-0.05, 0) is 37.0 Å². The maximum atomic E-state index is 11.0. The average molecular weight is 261 g/mol. The van der Waals surface area contributed by atoms with Gasteiger partial charge in [0.15, 0.2) is 0 Å². The molecule has 0 spiro atoms. The summed E-state index contributed by atoms with van der Waals surface area (Å²) in [5.41, 5.74) is 1.13. The van der Waals surface area contributed by atoms with Gasteiger partial charge in [0.2, 0.25) is 0 Å². The summed E-state index contributed by atoms with van der Waals surface area (Å²) in [6.07, 6.45) is 6.42. The molecule has 19 heavy (non-hydrogen) atoms. The number of carbonyl (C=O) groups is 1. The van der Waals surface area contributed by atoms with Crippen molar-refractivity contribution in [1.29, 1.82) is 0 Å². The number of anilines is 1. The lowest BCUT2D eigenvalue weighted by Crippen LogP contribution is -2.39. The van der Waals surface area contributed by atoms with Crippen LogP contribution in [-0.2, 0) is 0 Å². The molecular formula is C15H19NO3. The van der Waals surface area contributed by atoms with Crippen molar-refractivity contribution in [2.45, 2.75) is 38.1 Å². The summed E-state index contributed by atoms with van der Waals surface area (Å²) in [6.45, 7) is 0.685. The summed E-state index contributed by atoms with van der Waals surface area (Å²) in [5, 5.41) is 12.5. The predicted octanol–water partition coefficient (Wildman–Crippen LogP) is 3.14. The topological polar surface area (TPSA) is 58.6 Å². The van der Waals surface area contributed by atoms with E-state index < -0.39 is 5.97 Å². The molecule has 2 N–H and O–H groups in total. The number of aromatic carboxylic acids is 1. The Kier molecular flexibility index (Phi) is 3.32. The fourth-order valence-corrected chi connectivity index (χ4v) is 3.11. The van der Waals surface area contributed by atoms with Gasteiger partial charge < -0.3 is 15.2 Å². The number of fused-ring (bicyclic) bond motifs is 1. The Labute approximate surface area is 112 Å². The average Bonchev–Trinajstić information content (AvgIpc) is 2.47. The van der Waals surface area contributed by atoms with Gasteiger partial charge in [0.1, 0.15) is 12.4 Å². The van der Waals surface area contributed by atoms with Gasteiger partial charge in [-0.2, -0.15) is 0 Å². The molecule has 3 rings (SSSR count). The van der Waals surface area contributed by atoms with Crippen molar-refractivity contribution < 1.29 is 14.6 Å². The van der Waals surface area contributed by atoms with Crippen LogP contribution in [0.3, 0.4) is 0 Å². The summed E-state index contributed by atoms with van der Waals surface area (Å²) >= 11 is 0. The number of rotatable bonds is 2. The highest BCUT2D eigenvalue weighted by atomic mass is 16.5. The lowest BCUT2D eigenvalue weighted by atomic mass is 9.83. The van der Waals surface area contributed by atoms with E-state index in [1.807, 2.05) is 0 Å². The molecule has 4 nitrogen and oxygen atoms in total. The molecule has 0 bridgehead atoms. The zero-order valence-corrected chi connectivity index (χ0v) is 10.9. The Morgan fingerprint density at radius 1 is 1.26 bits per heavy atom. The molecule has 1 aromatic carbocycles. The molecule has 1 aliphatic carbocycles. The molecular weight excluding hydrogens is 242 g/mol. The van der Waals surface area contributed by atoms with Crippen LogP contribution < -0.4 is 10.1 Å². The minimum absolute atomic E-state index is 0.305. The first-order valence-electron chi connectivity index (χ1n) is 7.01. The molecule has 1 saturated carbocycles. The predicted molar refractivity (Wildman–Crippen MR) is 72.9 cm³/mol. The Morgan fingerprint density at radius 2 is 2.05 bits per heavy atom. The van der Waals surface area contributed by atoms with E-state index in [1.165, 1.54) is 32.1 Å². The van der Waals surface area contributed by atoms with Crippen LogP contribution in [0.25, 0.3) is 0 Å². The number of hydrogen-bond donors (Lipinski definition) is 2. The fraction of sp³-hybridized carbons (Fsp3) is 0.533. The van der Waals surface area contributed by atoms with E-state index in [1.54, 1.807) is 18.2 Å². The van der Waals surface area contributed by atoms with Crippen LogP contribution in [0.5, 0.6) is 5.75 Å². The Balaban J connectivity index is 1.77. The van der Waals surface area contributed by atoms with Crippen molar-refractivity contribution in [2.75, 3.05) is 11.9 Å². The molecule has 1 unspecified atom stereocenters. The number of ether oxygens (including phenoxy) is 1. The van der Waals surface area contributed by atoms with Crippen LogP contribution in [0.1, 0.15) is 42.5 Å². The molecule has 0 amide bonds. The van der Waals surface area contributed by atoms with E-state index in [4.69, 9.17) is 9.84 Å². The van der Waals surface area contributed by atoms with Gasteiger partial charge in [-0.1, -0.05) is 19.3 Å². The van der Waals surface area contributed by atoms with Gasteiger partial charge in [-0.25, -0.2) is 4.79 Å². The lowest BCUT2D eigenvalue weighted by Gasteiger charge is -2.35. The van der Waals surface area contributed by atoms with Gasteiger partial charge >= 0.3 is 5.97 Å². The molecule has 1 aromatic rings. The highest BCUT2D eigenvalue weighted by Gasteiger charge is 2.28. The molecule has 102 valence electrons. The van der Waals surface area contributed by atoms with Gasteiger partial charge in [-0.15, -0.1) is 0 Å². The first-order valence-corrected chi connectivity index (χ1v) is 7.01. The third kappa shape index (κ3) is 2.53.